The molecule has 1 aromatic heterocycles. The maximum atomic E-state index is 4.48. The molecule has 0 radical (unpaired) electrons. The standard InChI is InChI=1S/C14H20N2/c1-14(8-9-14)13-10-11-6-4-2-3-5-7-12(11)15-16-13/h10H,2-9H2,1H3. The van der Waals surface area contributed by atoms with Crippen molar-refractivity contribution >= 4 is 0 Å². The van der Waals surface area contributed by atoms with Crippen molar-refractivity contribution in [3.05, 3.63) is 23.0 Å². The minimum absolute atomic E-state index is 0.365. The number of hydrogen-bond donors (Lipinski definition) is 0. The van der Waals surface area contributed by atoms with E-state index >= 15 is 0 Å². The first-order valence-electron chi connectivity index (χ1n) is 6.64. The molecule has 1 saturated carbocycles. The number of aromatic nitrogens is 2. The van der Waals surface area contributed by atoms with Gasteiger partial charge in [-0.25, -0.2) is 0 Å². The molecule has 1 aromatic rings. The van der Waals surface area contributed by atoms with Crippen molar-refractivity contribution in [1.29, 1.82) is 0 Å². The minimum atomic E-state index is 0.365. The van der Waals surface area contributed by atoms with E-state index in [9.17, 15) is 0 Å². The summed E-state index contributed by atoms with van der Waals surface area (Å²) >= 11 is 0. The van der Waals surface area contributed by atoms with Crippen molar-refractivity contribution in [3.8, 4) is 0 Å². The van der Waals surface area contributed by atoms with Crippen LogP contribution >= 0.6 is 0 Å². The quantitative estimate of drug-likeness (QED) is 0.720. The van der Waals surface area contributed by atoms with Gasteiger partial charge in [-0.05, 0) is 50.2 Å². The van der Waals surface area contributed by atoms with Crippen molar-refractivity contribution in [1.82, 2.24) is 10.2 Å². The average Bonchev–Trinajstić information content (AvgIpc) is 2.98. The lowest BCUT2D eigenvalue weighted by molar-refractivity contribution is 0.595. The third kappa shape index (κ3) is 1.85. The first-order chi connectivity index (χ1) is 7.78. The van der Waals surface area contributed by atoms with Crippen LogP contribution in [0.5, 0.6) is 0 Å². The number of rotatable bonds is 1. The first kappa shape index (κ1) is 10.2. The summed E-state index contributed by atoms with van der Waals surface area (Å²) < 4.78 is 0. The van der Waals surface area contributed by atoms with Gasteiger partial charge in [0, 0.05) is 5.41 Å². The summed E-state index contributed by atoms with van der Waals surface area (Å²) in [4.78, 5) is 0. The van der Waals surface area contributed by atoms with Gasteiger partial charge in [0.25, 0.3) is 0 Å². The summed E-state index contributed by atoms with van der Waals surface area (Å²) in [7, 11) is 0. The third-order valence-electron chi connectivity index (χ3n) is 4.19. The van der Waals surface area contributed by atoms with Crippen molar-refractivity contribution in [2.45, 2.75) is 63.7 Å². The summed E-state index contributed by atoms with van der Waals surface area (Å²) in [5.41, 5.74) is 4.36. The number of fused-ring (bicyclic) bond motifs is 1. The van der Waals surface area contributed by atoms with Gasteiger partial charge in [-0.3, -0.25) is 0 Å². The maximum Gasteiger partial charge on any atom is 0.0692 e. The van der Waals surface area contributed by atoms with Crippen LogP contribution in [-0.2, 0) is 18.3 Å². The highest BCUT2D eigenvalue weighted by atomic mass is 15.1. The van der Waals surface area contributed by atoms with Gasteiger partial charge in [-0.2, -0.15) is 10.2 Å². The van der Waals surface area contributed by atoms with E-state index in [0.29, 0.717) is 5.41 Å². The van der Waals surface area contributed by atoms with Crippen LogP contribution in [0.15, 0.2) is 6.07 Å². The molecule has 2 aliphatic carbocycles. The summed E-state index contributed by atoms with van der Waals surface area (Å²) in [5, 5.41) is 8.93. The van der Waals surface area contributed by atoms with Crippen molar-refractivity contribution < 1.29 is 0 Å². The molecule has 16 heavy (non-hydrogen) atoms. The molecule has 0 atom stereocenters. The Morgan fingerprint density at radius 3 is 2.50 bits per heavy atom. The lowest BCUT2D eigenvalue weighted by Crippen LogP contribution is -2.11. The predicted octanol–water partition coefficient (Wildman–Crippen LogP) is 3.19. The second-order valence-electron chi connectivity index (χ2n) is 5.68. The van der Waals surface area contributed by atoms with Crippen LogP contribution in [0.4, 0.5) is 0 Å². The van der Waals surface area contributed by atoms with E-state index in [1.165, 1.54) is 61.9 Å². The van der Waals surface area contributed by atoms with Crippen LogP contribution in [-0.4, -0.2) is 10.2 Å². The molecule has 0 aliphatic heterocycles. The van der Waals surface area contributed by atoms with Crippen molar-refractivity contribution in [2.24, 2.45) is 0 Å². The Bertz CT molecular complexity index is 394. The van der Waals surface area contributed by atoms with E-state index in [-0.39, 0.29) is 0 Å². The van der Waals surface area contributed by atoms with E-state index in [1.54, 1.807) is 0 Å². The molecule has 86 valence electrons. The monoisotopic (exact) mass is 216 g/mol. The molecule has 0 spiro atoms. The molecular weight excluding hydrogens is 196 g/mol. The highest BCUT2D eigenvalue weighted by Crippen LogP contribution is 2.46. The van der Waals surface area contributed by atoms with Crippen LogP contribution in [0.1, 0.15) is 62.4 Å². The van der Waals surface area contributed by atoms with Gasteiger partial charge >= 0.3 is 0 Å². The molecule has 2 nitrogen and oxygen atoms in total. The second-order valence-corrected chi connectivity index (χ2v) is 5.68. The van der Waals surface area contributed by atoms with Crippen LogP contribution in [0.25, 0.3) is 0 Å². The van der Waals surface area contributed by atoms with Gasteiger partial charge in [0.2, 0.25) is 0 Å². The third-order valence-corrected chi connectivity index (χ3v) is 4.19. The highest BCUT2D eigenvalue weighted by molar-refractivity contribution is 5.29. The van der Waals surface area contributed by atoms with Crippen molar-refractivity contribution in [3.63, 3.8) is 0 Å². The van der Waals surface area contributed by atoms with E-state index < -0.39 is 0 Å². The lowest BCUT2D eigenvalue weighted by Gasteiger charge is -2.15. The molecule has 1 heterocycles. The highest BCUT2D eigenvalue weighted by Gasteiger charge is 2.41. The van der Waals surface area contributed by atoms with Crippen LogP contribution in [0.3, 0.4) is 0 Å². The zero-order valence-corrected chi connectivity index (χ0v) is 10.1. The van der Waals surface area contributed by atoms with Crippen LogP contribution in [0, 0.1) is 0 Å². The Labute approximate surface area is 97.5 Å². The molecule has 0 aromatic carbocycles. The Morgan fingerprint density at radius 1 is 1.00 bits per heavy atom. The lowest BCUT2D eigenvalue weighted by atomic mass is 9.95. The number of hydrogen-bond acceptors (Lipinski definition) is 2. The van der Waals surface area contributed by atoms with Crippen molar-refractivity contribution in [2.75, 3.05) is 0 Å². The smallest absolute Gasteiger partial charge is 0.0692 e. The molecule has 0 amide bonds. The largest absolute Gasteiger partial charge is 0.155 e. The molecule has 2 heteroatoms. The maximum absolute atomic E-state index is 4.48. The number of nitrogens with zero attached hydrogens (tertiary/aromatic N) is 2. The van der Waals surface area contributed by atoms with E-state index in [2.05, 4.69) is 23.2 Å². The predicted molar refractivity (Wildman–Crippen MR) is 64.5 cm³/mol. The van der Waals surface area contributed by atoms with Gasteiger partial charge in [0.1, 0.15) is 0 Å². The van der Waals surface area contributed by atoms with Crippen LogP contribution < -0.4 is 0 Å². The number of aryl methyl sites for hydroxylation is 2. The fourth-order valence-corrected chi connectivity index (χ4v) is 2.58. The Balaban J connectivity index is 1.92. The van der Waals surface area contributed by atoms with Gasteiger partial charge in [-0.1, -0.05) is 19.8 Å². The SMILES string of the molecule is CC1(c2cc3c(nn2)CCCCCC3)CC1. The topological polar surface area (TPSA) is 25.8 Å². The molecular formula is C14H20N2. The summed E-state index contributed by atoms with van der Waals surface area (Å²) in [6.07, 6.45) is 10.3. The molecule has 1 fully saturated rings. The zero-order chi connectivity index (χ0) is 11.0. The average molecular weight is 216 g/mol. The zero-order valence-electron chi connectivity index (χ0n) is 10.1. The molecule has 2 aliphatic rings. The summed E-state index contributed by atoms with van der Waals surface area (Å²) in [5.74, 6) is 0. The Kier molecular flexibility index (Phi) is 2.45. The van der Waals surface area contributed by atoms with E-state index in [4.69, 9.17) is 0 Å². The van der Waals surface area contributed by atoms with Gasteiger partial charge < -0.3 is 0 Å². The minimum Gasteiger partial charge on any atom is -0.155 e. The Hall–Kier alpha value is -0.920. The van der Waals surface area contributed by atoms with Crippen LogP contribution in [0.2, 0.25) is 0 Å². The molecule has 0 saturated heterocycles. The molecule has 0 bridgehead atoms. The van der Waals surface area contributed by atoms with Gasteiger partial charge in [-0.15, -0.1) is 0 Å². The van der Waals surface area contributed by atoms with Gasteiger partial charge in [0.05, 0.1) is 11.4 Å². The summed E-state index contributed by atoms with van der Waals surface area (Å²) in [6.45, 7) is 2.31. The first-order valence-corrected chi connectivity index (χ1v) is 6.64. The second kappa shape index (κ2) is 3.83. The Morgan fingerprint density at radius 2 is 1.75 bits per heavy atom. The summed E-state index contributed by atoms with van der Waals surface area (Å²) in [6, 6.07) is 2.35. The molecule has 0 N–H and O–H groups in total. The van der Waals surface area contributed by atoms with E-state index in [0.717, 1.165) is 6.42 Å². The fourth-order valence-electron chi connectivity index (χ4n) is 2.58. The molecule has 0 unspecified atom stereocenters. The fraction of sp³-hybridized carbons (Fsp3) is 0.714. The van der Waals surface area contributed by atoms with E-state index in [1.807, 2.05) is 0 Å². The van der Waals surface area contributed by atoms with Gasteiger partial charge in [0.15, 0.2) is 0 Å². The normalized spacial score (nSPS) is 23.1. The molecule has 3 rings (SSSR count).